The summed E-state index contributed by atoms with van der Waals surface area (Å²) in [5.74, 6) is 0. The smallest absolute Gasteiger partial charge is 0.0410 e. The van der Waals surface area contributed by atoms with Crippen LogP contribution in [-0.2, 0) is 0 Å². The topological polar surface area (TPSA) is 26.0 Å². The molecular formula is C9H11BrClN. The Morgan fingerprint density at radius 1 is 1.58 bits per heavy atom. The Morgan fingerprint density at radius 3 is 2.83 bits per heavy atom. The van der Waals surface area contributed by atoms with E-state index in [2.05, 4.69) is 22.9 Å². The van der Waals surface area contributed by atoms with Crippen molar-refractivity contribution in [3.8, 4) is 0 Å². The molecule has 66 valence electrons. The summed E-state index contributed by atoms with van der Waals surface area (Å²) in [6, 6.07) is 5.74. The van der Waals surface area contributed by atoms with Gasteiger partial charge in [-0.05, 0) is 30.2 Å². The van der Waals surface area contributed by atoms with E-state index in [0.29, 0.717) is 0 Å². The van der Waals surface area contributed by atoms with Crippen LogP contribution in [0.4, 0.5) is 0 Å². The minimum atomic E-state index is 0.0677. The zero-order valence-corrected chi connectivity index (χ0v) is 9.19. The summed E-state index contributed by atoms with van der Waals surface area (Å²) < 4.78 is 1.03. The molecule has 12 heavy (non-hydrogen) atoms. The van der Waals surface area contributed by atoms with Gasteiger partial charge in [0.05, 0.1) is 0 Å². The highest BCUT2D eigenvalue weighted by atomic mass is 79.9. The largest absolute Gasteiger partial charge is 0.324 e. The first-order valence-electron chi connectivity index (χ1n) is 3.85. The molecule has 0 bridgehead atoms. The fraction of sp³-hybridized carbons (Fsp3) is 0.333. The van der Waals surface area contributed by atoms with Crippen molar-refractivity contribution in [2.75, 3.05) is 0 Å². The van der Waals surface area contributed by atoms with E-state index in [-0.39, 0.29) is 6.04 Å². The van der Waals surface area contributed by atoms with Gasteiger partial charge in [-0.25, -0.2) is 0 Å². The van der Waals surface area contributed by atoms with Crippen LogP contribution in [0.15, 0.2) is 22.7 Å². The van der Waals surface area contributed by atoms with Gasteiger partial charge in [-0.2, -0.15) is 0 Å². The molecule has 0 saturated heterocycles. The van der Waals surface area contributed by atoms with Crippen molar-refractivity contribution in [2.24, 2.45) is 5.73 Å². The monoisotopic (exact) mass is 247 g/mol. The highest BCUT2D eigenvalue weighted by Gasteiger charge is 2.07. The maximum absolute atomic E-state index is 5.88. The SMILES string of the molecule is CC[C@H](N)c1cc(Cl)ccc1Br. The van der Waals surface area contributed by atoms with Crippen molar-refractivity contribution >= 4 is 27.5 Å². The van der Waals surface area contributed by atoms with Gasteiger partial charge < -0.3 is 5.73 Å². The van der Waals surface area contributed by atoms with E-state index < -0.39 is 0 Å². The number of hydrogen-bond acceptors (Lipinski definition) is 1. The summed E-state index contributed by atoms with van der Waals surface area (Å²) in [4.78, 5) is 0. The van der Waals surface area contributed by atoms with Crippen LogP contribution in [0.3, 0.4) is 0 Å². The summed E-state index contributed by atoms with van der Waals surface area (Å²) in [7, 11) is 0. The van der Waals surface area contributed by atoms with E-state index in [1.165, 1.54) is 0 Å². The number of rotatable bonds is 2. The lowest BCUT2D eigenvalue weighted by atomic mass is 10.1. The highest BCUT2D eigenvalue weighted by molar-refractivity contribution is 9.10. The predicted octanol–water partition coefficient (Wildman–Crippen LogP) is 3.51. The zero-order chi connectivity index (χ0) is 9.14. The lowest BCUT2D eigenvalue weighted by Gasteiger charge is -2.11. The Balaban J connectivity index is 3.04. The first-order valence-corrected chi connectivity index (χ1v) is 5.02. The van der Waals surface area contributed by atoms with Crippen LogP contribution in [0, 0.1) is 0 Å². The standard InChI is InChI=1S/C9H11BrClN/c1-2-9(12)7-5-6(11)3-4-8(7)10/h3-5,9H,2,12H2,1H3/t9-/m0/s1. The van der Waals surface area contributed by atoms with Gasteiger partial charge >= 0.3 is 0 Å². The third-order valence-corrected chi connectivity index (χ3v) is 2.75. The van der Waals surface area contributed by atoms with Gasteiger partial charge in [0.25, 0.3) is 0 Å². The van der Waals surface area contributed by atoms with Gasteiger partial charge in [-0.1, -0.05) is 34.5 Å². The second-order valence-electron chi connectivity index (χ2n) is 2.68. The van der Waals surface area contributed by atoms with Crippen LogP contribution < -0.4 is 5.73 Å². The minimum absolute atomic E-state index is 0.0677. The molecule has 0 heterocycles. The van der Waals surface area contributed by atoms with Crippen LogP contribution in [0.1, 0.15) is 24.9 Å². The summed E-state index contributed by atoms with van der Waals surface area (Å²) in [6.07, 6.45) is 0.916. The first kappa shape index (κ1) is 10.0. The fourth-order valence-electron chi connectivity index (χ4n) is 1.02. The van der Waals surface area contributed by atoms with Gasteiger partial charge in [0.15, 0.2) is 0 Å². The van der Waals surface area contributed by atoms with Crippen LogP contribution in [0.25, 0.3) is 0 Å². The average Bonchev–Trinajstić information content (AvgIpc) is 2.08. The Labute approximate surface area is 86.0 Å². The molecule has 0 aliphatic carbocycles. The highest BCUT2D eigenvalue weighted by Crippen LogP contribution is 2.26. The molecule has 1 nitrogen and oxygen atoms in total. The molecule has 1 rings (SSSR count). The van der Waals surface area contributed by atoms with Crippen LogP contribution in [0.5, 0.6) is 0 Å². The third-order valence-electron chi connectivity index (χ3n) is 1.80. The molecule has 0 aliphatic rings. The second-order valence-corrected chi connectivity index (χ2v) is 3.97. The molecule has 0 fully saturated rings. The molecule has 2 N–H and O–H groups in total. The first-order chi connectivity index (χ1) is 5.65. The lowest BCUT2D eigenvalue weighted by Crippen LogP contribution is -2.09. The molecule has 0 saturated carbocycles. The average molecular weight is 249 g/mol. The Kier molecular flexibility index (Phi) is 3.56. The van der Waals surface area contributed by atoms with E-state index in [0.717, 1.165) is 21.5 Å². The van der Waals surface area contributed by atoms with Gasteiger partial charge in [0.1, 0.15) is 0 Å². The van der Waals surface area contributed by atoms with Crippen LogP contribution in [-0.4, -0.2) is 0 Å². The van der Waals surface area contributed by atoms with E-state index >= 15 is 0 Å². The molecule has 1 atom stereocenters. The van der Waals surface area contributed by atoms with Crippen molar-refractivity contribution in [1.29, 1.82) is 0 Å². The van der Waals surface area contributed by atoms with Crippen LogP contribution in [0.2, 0.25) is 5.02 Å². The number of nitrogens with two attached hydrogens (primary N) is 1. The van der Waals surface area contributed by atoms with E-state index in [1.807, 2.05) is 18.2 Å². The molecule has 3 heteroatoms. The molecule has 0 spiro atoms. The van der Waals surface area contributed by atoms with Crippen molar-refractivity contribution in [2.45, 2.75) is 19.4 Å². The fourth-order valence-corrected chi connectivity index (χ4v) is 1.74. The van der Waals surface area contributed by atoms with Gasteiger partial charge in [-0.15, -0.1) is 0 Å². The van der Waals surface area contributed by atoms with Crippen molar-refractivity contribution in [1.82, 2.24) is 0 Å². The summed E-state index contributed by atoms with van der Waals surface area (Å²) in [5, 5.41) is 0.733. The van der Waals surface area contributed by atoms with E-state index in [4.69, 9.17) is 17.3 Å². The normalized spacial score (nSPS) is 13.0. The Hall–Kier alpha value is -0.0500. The van der Waals surface area contributed by atoms with E-state index in [1.54, 1.807) is 0 Å². The number of hydrogen-bond donors (Lipinski definition) is 1. The third kappa shape index (κ3) is 2.22. The van der Waals surface area contributed by atoms with Gasteiger partial charge in [0.2, 0.25) is 0 Å². The Bertz CT molecular complexity index is 275. The summed E-state index contributed by atoms with van der Waals surface area (Å²) in [5.41, 5.74) is 6.95. The molecule has 0 aromatic heterocycles. The van der Waals surface area contributed by atoms with Crippen molar-refractivity contribution in [3.05, 3.63) is 33.3 Å². The molecule has 0 aliphatic heterocycles. The lowest BCUT2D eigenvalue weighted by molar-refractivity contribution is 0.695. The van der Waals surface area contributed by atoms with Crippen molar-refractivity contribution < 1.29 is 0 Å². The minimum Gasteiger partial charge on any atom is -0.324 e. The summed E-state index contributed by atoms with van der Waals surface area (Å²) in [6.45, 7) is 2.05. The second kappa shape index (κ2) is 4.26. The molecule has 1 aromatic rings. The maximum Gasteiger partial charge on any atom is 0.0410 e. The zero-order valence-electron chi connectivity index (χ0n) is 6.85. The molecular weight excluding hydrogens is 237 g/mol. The Morgan fingerprint density at radius 2 is 2.25 bits per heavy atom. The molecule has 0 amide bonds. The van der Waals surface area contributed by atoms with Gasteiger partial charge in [-0.3, -0.25) is 0 Å². The molecule has 0 radical (unpaired) electrons. The van der Waals surface area contributed by atoms with Gasteiger partial charge in [0, 0.05) is 15.5 Å². The van der Waals surface area contributed by atoms with Crippen molar-refractivity contribution in [3.63, 3.8) is 0 Å². The number of halogens is 2. The summed E-state index contributed by atoms with van der Waals surface area (Å²) >= 11 is 9.27. The van der Waals surface area contributed by atoms with E-state index in [9.17, 15) is 0 Å². The molecule has 1 aromatic carbocycles. The quantitative estimate of drug-likeness (QED) is 0.851. The molecule has 0 unspecified atom stereocenters. The van der Waals surface area contributed by atoms with Crippen LogP contribution >= 0.6 is 27.5 Å². The number of benzene rings is 1. The predicted molar refractivity (Wildman–Crippen MR) is 56.4 cm³/mol. The maximum atomic E-state index is 5.88.